The molecule has 1 amide bonds. The Morgan fingerprint density at radius 2 is 2.37 bits per heavy atom. The molecule has 0 saturated carbocycles. The van der Waals surface area contributed by atoms with E-state index in [-0.39, 0.29) is 11.9 Å². The van der Waals surface area contributed by atoms with Crippen LogP contribution in [0.5, 0.6) is 0 Å². The molecule has 19 heavy (non-hydrogen) atoms. The van der Waals surface area contributed by atoms with Crippen molar-refractivity contribution in [2.24, 2.45) is 5.73 Å². The molecule has 0 bridgehead atoms. The number of methoxy groups -OCH3 is 1. The van der Waals surface area contributed by atoms with Gasteiger partial charge in [0.25, 0.3) is 5.91 Å². The van der Waals surface area contributed by atoms with Gasteiger partial charge in [-0.15, -0.1) is 23.1 Å². The van der Waals surface area contributed by atoms with Crippen LogP contribution in [0.15, 0.2) is 5.38 Å². The molecule has 106 valence electrons. The lowest BCUT2D eigenvalue weighted by molar-refractivity contribution is -0.137. The Balaban J connectivity index is 2.21. The first-order chi connectivity index (χ1) is 9.17. The number of carbonyl (C=O) groups is 2. The quantitative estimate of drug-likeness (QED) is 0.529. The largest absolute Gasteiger partial charge is 0.468 e. The minimum atomic E-state index is -0.262. The molecule has 1 aromatic heterocycles. The van der Waals surface area contributed by atoms with Crippen LogP contribution in [0.2, 0.25) is 0 Å². The maximum Gasteiger partial charge on any atom is 0.315 e. The van der Waals surface area contributed by atoms with Gasteiger partial charge in [-0.05, 0) is 6.54 Å². The third-order valence-electron chi connectivity index (χ3n) is 2.12. The van der Waals surface area contributed by atoms with E-state index in [1.54, 1.807) is 5.38 Å². The molecular formula is C11H17N3O3S2. The second-order valence-electron chi connectivity index (χ2n) is 3.55. The van der Waals surface area contributed by atoms with E-state index >= 15 is 0 Å². The van der Waals surface area contributed by atoms with Gasteiger partial charge in [0.2, 0.25) is 0 Å². The fourth-order valence-electron chi connectivity index (χ4n) is 1.20. The van der Waals surface area contributed by atoms with Gasteiger partial charge in [0.05, 0.1) is 17.9 Å². The zero-order valence-corrected chi connectivity index (χ0v) is 12.3. The van der Waals surface area contributed by atoms with E-state index in [2.05, 4.69) is 15.0 Å². The van der Waals surface area contributed by atoms with Crippen molar-refractivity contribution in [2.45, 2.75) is 6.42 Å². The van der Waals surface area contributed by atoms with E-state index in [4.69, 9.17) is 5.73 Å². The summed E-state index contributed by atoms with van der Waals surface area (Å²) in [7, 11) is 1.35. The number of aromatic nitrogens is 1. The third kappa shape index (κ3) is 6.04. The van der Waals surface area contributed by atoms with Crippen molar-refractivity contribution < 1.29 is 14.3 Å². The van der Waals surface area contributed by atoms with Crippen molar-refractivity contribution >= 4 is 35.0 Å². The van der Waals surface area contributed by atoms with Gasteiger partial charge in [-0.3, -0.25) is 9.59 Å². The van der Waals surface area contributed by atoms with Crippen LogP contribution in [0.25, 0.3) is 0 Å². The number of hydrogen-bond donors (Lipinski definition) is 2. The number of nitrogens with one attached hydrogen (secondary N) is 1. The molecule has 0 radical (unpaired) electrons. The highest BCUT2D eigenvalue weighted by Crippen LogP contribution is 2.09. The summed E-state index contributed by atoms with van der Waals surface area (Å²) in [6.07, 6.45) is 0.687. The number of hydrogen-bond acceptors (Lipinski definition) is 7. The zero-order chi connectivity index (χ0) is 14.1. The predicted molar refractivity (Wildman–Crippen MR) is 76.5 cm³/mol. The highest BCUT2D eigenvalue weighted by atomic mass is 32.2. The molecule has 8 heteroatoms. The molecule has 6 nitrogen and oxygen atoms in total. The predicted octanol–water partition coefficient (Wildman–Crippen LogP) is 0.280. The van der Waals surface area contributed by atoms with Crippen molar-refractivity contribution in [2.75, 3.05) is 31.7 Å². The van der Waals surface area contributed by atoms with Crippen LogP contribution >= 0.6 is 23.1 Å². The number of thioether (sulfide) groups is 1. The molecule has 1 aromatic rings. The monoisotopic (exact) mass is 303 g/mol. The van der Waals surface area contributed by atoms with Gasteiger partial charge >= 0.3 is 5.97 Å². The Hall–Kier alpha value is -1.12. The highest BCUT2D eigenvalue weighted by molar-refractivity contribution is 7.99. The number of rotatable bonds is 8. The van der Waals surface area contributed by atoms with Crippen LogP contribution in [0, 0.1) is 0 Å². The van der Waals surface area contributed by atoms with Crippen LogP contribution in [0.3, 0.4) is 0 Å². The van der Waals surface area contributed by atoms with Crippen molar-refractivity contribution in [3.63, 3.8) is 0 Å². The lowest BCUT2D eigenvalue weighted by atomic mass is 10.4. The molecule has 0 aliphatic rings. The normalized spacial score (nSPS) is 10.2. The third-order valence-corrected chi connectivity index (χ3v) is 3.96. The van der Waals surface area contributed by atoms with Crippen LogP contribution in [0.4, 0.5) is 0 Å². The van der Waals surface area contributed by atoms with E-state index in [1.807, 2.05) is 0 Å². The lowest BCUT2D eigenvalue weighted by Crippen LogP contribution is -2.26. The van der Waals surface area contributed by atoms with Crippen LogP contribution < -0.4 is 11.1 Å². The van der Waals surface area contributed by atoms with Gasteiger partial charge in [0, 0.05) is 24.1 Å². The van der Waals surface area contributed by atoms with E-state index in [0.29, 0.717) is 36.7 Å². The minimum Gasteiger partial charge on any atom is -0.468 e. The summed E-state index contributed by atoms with van der Waals surface area (Å²) in [6, 6.07) is 0. The van der Waals surface area contributed by atoms with Gasteiger partial charge in [-0.1, -0.05) is 0 Å². The molecule has 0 aliphatic carbocycles. The molecule has 0 aromatic carbocycles. The number of nitrogens with two attached hydrogens (primary N) is 1. The summed E-state index contributed by atoms with van der Waals surface area (Å²) < 4.78 is 4.51. The maximum absolute atomic E-state index is 11.7. The van der Waals surface area contributed by atoms with Crippen molar-refractivity contribution in [1.82, 2.24) is 10.3 Å². The smallest absolute Gasteiger partial charge is 0.315 e. The molecule has 0 aliphatic heterocycles. The van der Waals surface area contributed by atoms with Gasteiger partial charge in [0.15, 0.2) is 0 Å². The maximum atomic E-state index is 11.7. The summed E-state index contributed by atoms with van der Waals surface area (Å²) in [4.78, 5) is 26.7. The number of ether oxygens (including phenoxy) is 1. The van der Waals surface area contributed by atoms with Gasteiger partial charge < -0.3 is 15.8 Å². The SMILES string of the molecule is COC(=O)CSCCNC(=O)c1csc(CCN)n1. The summed E-state index contributed by atoms with van der Waals surface area (Å²) in [6.45, 7) is 1.02. The number of nitrogens with zero attached hydrogens (tertiary/aromatic N) is 1. The van der Waals surface area contributed by atoms with E-state index < -0.39 is 0 Å². The highest BCUT2D eigenvalue weighted by Gasteiger charge is 2.09. The van der Waals surface area contributed by atoms with E-state index in [1.165, 1.54) is 30.2 Å². The minimum absolute atomic E-state index is 0.196. The average Bonchev–Trinajstić information content (AvgIpc) is 2.87. The van der Waals surface area contributed by atoms with Gasteiger partial charge in [-0.2, -0.15) is 0 Å². The Kier molecular flexibility index (Phi) is 7.46. The number of carbonyl (C=O) groups excluding carboxylic acids is 2. The first-order valence-electron chi connectivity index (χ1n) is 5.74. The molecule has 0 atom stereocenters. The molecule has 1 rings (SSSR count). The van der Waals surface area contributed by atoms with Crippen LogP contribution in [-0.4, -0.2) is 48.6 Å². The lowest BCUT2D eigenvalue weighted by Gasteiger charge is -2.02. The summed E-state index contributed by atoms with van der Waals surface area (Å²) >= 11 is 2.85. The number of thiazole rings is 1. The molecule has 0 unspecified atom stereocenters. The van der Waals surface area contributed by atoms with Gasteiger partial charge in [-0.25, -0.2) is 4.98 Å². The fraction of sp³-hybridized carbons (Fsp3) is 0.545. The molecule has 1 heterocycles. The topological polar surface area (TPSA) is 94.3 Å². The standard InChI is InChI=1S/C11H17N3O3S2/c1-17-10(15)7-18-5-4-13-11(16)8-6-19-9(14-8)2-3-12/h6H,2-5,7,12H2,1H3,(H,13,16). The Labute approximate surface area is 120 Å². The van der Waals surface area contributed by atoms with Crippen molar-refractivity contribution in [3.8, 4) is 0 Å². The molecule has 0 spiro atoms. The van der Waals surface area contributed by atoms with E-state index in [9.17, 15) is 9.59 Å². The Morgan fingerprint density at radius 3 is 3.05 bits per heavy atom. The van der Waals surface area contributed by atoms with Crippen LogP contribution in [0.1, 0.15) is 15.5 Å². The second-order valence-corrected chi connectivity index (χ2v) is 5.60. The van der Waals surface area contributed by atoms with Crippen molar-refractivity contribution in [1.29, 1.82) is 0 Å². The van der Waals surface area contributed by atoms with Crippen molar-refractivity contribution in [3.05, 3.63) is 16.1 Å². The number of amides is 1. The zero-order valence-electron chi connectivity index (χ0n) is 10.7. The van der Waals surface area contributed by atoms with Crippen LogP contribution in [-0.2, 0) is 16.0 Å². The molecular weight excluding hydrogens is 286 g/mol. The summed E-state index contributed by atoms with van der Waals surface area (Å²) in [5.74, 6) is 0.491. The molecule has 3 N–H and O–H groups in total. The second kappa shape index (κ2) is 8.89. The van der Waals surface area contributed by atoms with E-state index in [0.717, 1.165) is 5.01 Å². The van der Waals surface area contributed by atoms with Gasteiger partial charge in [0.1, 0.15) is 5.69 Å². The fourth-order valence-corrected chi connectivity index (χ4v) is 2.66. The molecule has 0 fully saturated rings. The molecule has 0 saturated heterocycles. The summed E-state index contributed by atoms with van der Waals surface area (Å²) in [5.41, 5.74) is 5.84. The first-order valence-corrected chi connectivity index (χ1v) is 7.78. The average molecular weight is 303 g/mol. The Bertz CT molecular complexity index is 423. The Morgan fingerprint density at radius 1 is 1.58 bits per heavy atom. The first kappa shape index (κ1) is 15.9. The number of esters is 1. The summed E-state index contributed by atoms with van der Waals surface area (Å²) in [5, 5.41) is 5.34.